The first kappa shape index (κ1) is 52.6. The Morgan fingerprint density at radius 2 is 0.982 bits per heavy atom. The van der Waals surface area contributed by atoms with E-state index in [2.05, 4.69) is 43.8 Å². The molecule has 0 spiro atoms. The van der Waals surface area contributed by atoms with Gasteiger partial charge in [-0.3, -0.25) is 9.59 Å². The Bertz CT molecular complexity index is 903. The molecule has 0 aliphatic heterocycles. The lowest BCUT2D eigenvalue weighted by atomic mass is 9.94. The molecule has 0 unspecified atom stereocenters. The summed E-state index contributed by atoms with van der Waals surface area (Å²) < 4.78 is 18.2. The fourth-order valence-corrected chi connectivity index (χ4v) is 7.88. The molecule has 0 aromatic heterocycles. The fourth-order valence-electron chi connectivity index (χ4n) is 7.88. The minimum atomic E-state index is -0.297. The number of hydrogen-bond acceptors (Lipinski definition) is 6. The first-order valence-electron chi connectivity index (χ1n) is 24.4. The van der Waals surface area contributed by atoms with Gasteiger partial charge in [0.25, 0.3) is 0 Å². The van der Waals surface area contributed by atoms with Crippen LogP contribution < -0.4 is 0 Å². The van der Waals surface area contributed by atoms with E-state index in [0.29, 0.717) is 25.4 Å². The molecular weight excluding hydrogens is 697 g/mol. The van der Waals surface area contributed by atoms with Crippen LogP contribution >= 0.6 is 0 Å². The van der Waals surface area contributed by atoms with Gasteiger partial charge in [0.15, 0.2) is 5.79 Å². The van der Waals surface area contributed by atoms with E-state index in [-0.39, 0.29) is 11.8 Å². The molecule has 0 heterocycles. The zero-order valence-corrected chi connectivity index (χ0v) is 37.9. The Hall–Kier alpha value is -1.44. The molecule has 0 atom stereocenters. The summed E-state index contributed by atoms with van der Waals surface area (Å²) >= 11 is 0. The van der Waals surface area contributed by atoms with Crippen molar-refractivity contribution in [2.45, 2.75) is 238 Å². The van der Waals surface area contributed by atoms with Crippen LogP contribution in [-0.4, -0.2) is 81.0 Å². The van der Waals surface area contributed by atoms with Crippen molar-refractivity contribution in [3.8, 4) is 0 Å². The minimum absolute atomic E-state index is 0.0688. The molecule has 1 rings (SSSR count). The Balaban J connectivity index is 2.17. The van der Waals surface area contributed by atoms with Crippen LogP contribution in [0.5, 0.6) is 0 Å². The van der Waals surface area contributed by atoms with Gasteiger partial charge in [0.1, 0.15) is 6.61 Å². The van der Waals surface area contributed by atoms with Crippen LogP contribution in [0.3, 0.4) is 0 Å². The maximum Gasteiger partial charge on any atom is 0.306 e. The first-order valence-corrected chi connectivity index (χ1v) is 24.4. The number of amides is 1. The van der Waals surface area contributed by atoms with Gasteiger partial charge in [-0.15, -0.1) is 0 Å². The van der Waals surface area contributed by atoms with Crippen molar-refractivity contribution in [2.75, 3.05) is 53.6 Å². The monoisotopic (exact) mass is 791 g/mol. The van der Waals surface area contributed by atoms with Crippen LogP contribution in [0, 0.1) is 0 Å². The standard InChI is InChI=1S/C49H94N2O5/c1-5-7-9-11-18-24-34-44-54-48(53)38-27-20-15-14-17-22-32-43-51(47(52)37-28-33-41-50(3)4)42-31-21-16-12-13-19-25-36-46-56-49(39-29-26-30-40-49)55-45-35-23-10-8-6-2/h24,34H,5-23,25-33,35-46H2,1-4H3. The zero-order valence-electron chi connectivity index (χ0n) is 37.9. The van der Waals surface area contributed by atoms with Gasteiger partial charge in [0.05, 0.1) is 13.2 Å². The molecule has 0 bridgehead atoms. The molecular formula is C49H94N2O5. The van der Waals surface area contributed by atoms with Crippen molar-refractivity contribution < 1.29 is 23.8 Å². The first-order chi connectivity index (χ1) is 27.4. The number of allylic oxidation sites excluding steroid dienone is 1. The Morgan fingerprint density at radius 3 is 1.54 bits per heavy atom. The molecule has 1 fully saturated rings. The maximum atomic E-state index is 13.2. The van der Waals surface area contributed by atoms with E-state index >= 15 is 0 Å². The number of carbonyl (C=O) groups is 2. The molecule has 0 N–H and O–H groups in total. The minimum Gasteiger partial charge on any atom is -0.461 e. The lowest BCUT2D eigenvalue weighted by Crippen LogP contribution is -2.38. The molecule has 0 saturated heterocycles. The molecule has 0 aromatic carbocycles. The maximum absolute atomic E-state index is 13.2. The van der Waals surface area contributed by atoms with E-state index in [1.807, 2.05) is 6.08 Å². The van der Waals surface area contributed by atoms with Crippen molar-refractivity contribution in [1.82, 2.24) is 9.80 Å². The molecule has 330 valence electrons. The molecule has 56 heavy (non-hydrogen) atoms. The van der Waals surface area contributed by atoms with Crippen molar-refractivity contribution in [1.29, 1.82) is 0 Å². The number of unbranched alkanes of at least 4 members (excludes halogenated alkanes) is 22. The Morgan fingerprint density at radius 1 is 0.518 bits per heavy atom. The highest BCUT2D eigenvalue weighted by molar-refractivity contribution is 5.76. The topological polar surface area (TPSA) is 68.3 Å². The van der Waals surface area contributed by atoms with E-state index in [1.165, 1.54) is 141 Å². The van der Waals surface area contributed by atoms with Gasteiger partial charge in [0.2, 0.25) is 5.91 Å². The molecule has 1 aliphatic rings. The van der Waals surface area contributed by atoms with Gasteiger partial charge in [-0.2, -0.15) is 0 Å². The number of esters is 1. The fraction of sp³-hybridized carbons (Fsp3) is 0.918. The molecule has 1 amide bonds. The summed E-state index contributed by atoms with van der Waals surface area (Å²) in [6.07, 6.45) is 43.6. The number of ether oxygens (including phenoxy) is 3. The smallest absolute Gasteiger partial charge is 0.306 e. The largest absolute Gasteiger partial charge is 0.461 e. The number of hydrogen-bond donors (Lipinski definition) is 0. The highest BCUT2D eigenvalue weighted by Crippen LogP contribution is 2.33. The molecule has 0 radical (unpaired) electrons. The van der Waals surface area contributed by atoms with Gasteiger partial charge in [0, 0.05) is 38.8 Å². The van der Waals surface area contributed by atoms with Crippen LogP contribution in [0.2, 0.25) is 0 Å². The number of carbonyl (C=O) groups excluding carboxylic acids is 2. The van der Waals surface area contributed by atoms with E-state index in [4.69, 9.17) is 14.2 Å². The predicted molar refractivity (Wildman–Crippen MR) is 238 cm³/mol. The molecule has 1 aliphatic carbocycles. The highest BCUT2D eigenvalue weighted by Gasteiger charge is 2.33. The molecule has 0 aromatic rings. The molecule has 7 nitrogen and oxygen atoms in total. The van der Waals surface area contributed by atoms with Crippen LogP contribution in [0.4, 0.5) is 0 Å². The van der Waals surface area contributed by atoms with Crippen LogP contribution in [0.25, 0.3) is 0 Å². The Kier molecular flexibility index (Phi) is 36.7. The third-order valence-corrected chi connectivity index (χ3v) is 11.6. The van der Waals surface area contributed by atoms with Crippen LogP contribution in [0.15, 0.2) is 12.2 Å². The normalized spacial score (nSPS) is 14.2. The van der Waals surface area contributed by atoms with Gasteiger partial charge >= 0.3 is 5.97 Å². The van der Waals surface area contributed by atoms with Crippen molar-refractivity contribution in [2.24, 2.45) is 0 Å². The zero-order chi connectivity index (χ0) is 40.6. The lowest BCUT2D eigenvalue weighted by molar-refractivity contribution is -0.253. The number of rotatable bonds is 41. The predicted octanol–water partition coefficient (Wildman–Crippen LogP) is 13.5. The molecule has 7 heteroatoms. The van der Waals surface area contributed by atoms with E-state index in [1.54, 1.807) is 0 Å². The second kappa shape index (κ2) is 39.0. The summed E-state index contributed by atoms with van der Waals surface area (Å²) in [7, 11) is 4.21. The summed E-state index contributed by atoms with van der Waals surface area (Å²) in [6, 6.07) is 0. The average Bonchev–Trinajstić information content (AvgIpc) is 3.19. The second-order valence-corrected chi connectivity index (χ2v) is 17.3. The van der Waals surface area contributed by atoms with Gasteiger partial charge in [-0.05, 0) is 91.3 Å². The summed E-state index contributed by atoms with van der Waals surface area (Å²) in [4.78, 5) is 29.6. The quantitative estimate of drug-likeness (QED) is 0.0266. The van der Waals surface area contributed by atoms with Crippen LogP contribution in [-0.2, 0) is 23.8 Å². The SMILES string of the molecule is CCCCCCC=CCOC(=O)CCCCCCCCCN(CCCCCCCCCCOC1(OCCCCCCC)CCCCC1)C(=O)CCCCN(C)C. The summed E-state index contributed by atoms with van der Waals surface area (Å²) in [5, 5.41) is 0. The Labute approximate surface area is 348 Å². The van der Waals surface area contributed by atoms with E-state index < -0.39 is 0 Å². The average molecular weight is 791 g/mol. The summed E-state index contributed by atoms with van der Waals surface area (Å²) in [6.45, 7) is 9.47. The van der Waals surface area contributed by atoms with E-state index in [9.17, 15) is 9.59 Å². The van der Waals surface area contributed by atoms with Gasteiger partial charge in [-0.1, -0.05) is 148 Å². The van der Waals surface area contributed by atoms with Crippen molar-refractivity contribution >= 4 is 11.9 Å². The lowest BCUT2D eigenvalue weighted by Gasteiger charge is -2.37. The summed E-state index contributed by atoms with van der Waals surface area (Å²) in [5.41, 5.74) is 0. The van der Waals surface area contributed by atoms with Crippen molar-refractivity contribution in [3.05, 3.63) is 12.2 Å². The van der Waals surface area contributed by atoms with E-state index in [0.717, 1.165) is 97.1 Å². The molecule has 1 saturated carbocycles. The van der Waals surface area contributed by atoms with Gasteiger partial charge in [-0.25, -0.2) is 0 Å². The third kappa shape index (κ3) is 32.5. The second-order valence-electron chi connectivity index (χ2n) is 17.3. The van der Waals surface area contributed by atoms with Gasteiger partial charge < -0.3 is 24.0 Å². The van der Waals surface area contributed by atoms with Crippen molar-refractivity contribution in [3.63, 3.8) is 0 Å². The number of nitrogens with zero attached hydrogens (tertiary/aromatic N) is 2. The third-order valence-electron chi connectivity index (χ3n) is 11.6. The summed E-state index contributed by atoms with van der Waals surface area (Å²) in [5.74, 6) is -0.0114. The highest BCUT2D eigenvalue weighted by atomic mass is 16.7. The van der Waals surface area contributed by atoms with Crippen LogP contribution in [0.1, 0.15) is 232 Å².